The maximum absolute atomic E-state index is 14.5. The van der Waals surface area contributed by atoms with E-state index in [1.54, 1.807) is 30.0 Å². The van der Waals surface area contributed by atoms with Gasteiger partial charge >= 0.3 is 5.97 Å². The SMILES string of the molecule is CC[C@]1(CC(=O)O)C[C@H](c2cccc(Cl)c2)C(c2ccc(Cl)cc2)N(C(CNS(=O)(=O)CC)C2CC2)C1=O. The molecule has 1 saturated carbocycles. The Morgan fingerprint density at radius 3 is 2.34 bits per heavy atom. The second-order valence-electron chi connectivity index (χ2n) is 10.4. The van der Waals surface area contributed by atoms with E-state index < -0.39 is 33.5 Å². The zero-order valence-corrected chi connectivity index (χ0v) is 23.9. The van der Waals surface area contributed by atoms with E-state index in [4.69, 9.17) is 23.2 Å². The van der Waals surface area contributed by atoms with Crippen molar-refractivity contribution >= 4 is 45.1 Å². The zero-order chi connectivity index (χ0) is 27.7. The van der Waals surface area contributed by atoms with Crippen LogP contribution in [0.25, 0.3) is 0 Å². The lowest BCUT2D eigenvalue weighted by Crippen LogP contribution is -2.59. The monoisotopic (exact) mass is 580 g/mol. The van der Waals surface area contributed by atoms with Gasteiger partial charge in [-0.3, -0.25) is 9.59 Å². The Hall–Kier alpha value is -2.13. The van der Waals surface area contributed by atoms with Gasteiger partial charge in [0.2, 0.25) is 15.9 Å². The van der Waals surface area contributed by atoms with E-state index in [1.165, 1.54) is 0 Å². The second-order valence-corrected chi connectivity index (χ2v) is 13.4. The third-order valence-corrected chi connectivity index (χ3v) is 9.90. The van der Waals surface area contributed by atoms with Crippen molar-refractivity contribution in [3.8, 4) is 0 Å². The zero-order valence-electron chi connectivity index (χ0n) is 21.6. The summed E-state index contributed by atoms with van der Waals surface area (Å²) in [5.41, 5.74) is 0.622. The first-order valence-corrected chi connectivity index (χ1v) is 15.4. The quantitative estimate of drug-likeness (QED) is 0.358. The van der Waals surface area contributed by atoms with Gasteiger partial charge in [-0.15, -0.1) is 0 Å². The van der Waals surface area contributed by atoms with Crippen molar-refractivity contribution in [1.29, 1.82) is 0 Å². The number of nitrogens with one attached hydrogen (secondary N) is 1. The number of halogens is 2. The predicted molar refractivity (Wildman–Crippen MR) is 149 cm³/mol. The van der Waals surface area contributed by atoms with Crippen LogP contribution in [0.3, 0.4) is 0 Å². The lowest BCUT2D eigenvalue weighted by molar-refractivity contribution is -0.162. The molecular formula is C28H34Cl2N2O5S. The predicted octanol–water partition coefficient (Wildman–Crippen LogP) is 5.64. The molecule has 1 aliphatic carbocycles. The molecule has 7 nitrogen and oxygen atoms in total. The van der Waals surface area contributed by atoms with Crippen LogP contribution < -0.4 is 4.72 Å². The molecule has 1 aliphatic heterocycles. The molecule has 1 heterocycles. The molecular weight excluding hydrogens is 547 g/mol. The van der Waals surface area contributed by atoms with E-state index in [9.17, 15) is 23.1 Å². The summed E-state index contributed by atoms with van der Waals surface area (Å²) >= 11 is 12.6. The minimum Gasteiger partial charge on any atom is -0.481 e. The number of hydrogen-bond acceptors (Lipinski definition) is 4. The van der Waals surface area contributed by atoms with Gasteiger partial charge in [0.15, 0.2) is 0 Å². The lowest BCUT2D eigenvalue weighted by atomic mass is 9.64. The first-order chi connectivity index (χ1) is 18.0. The third kappa shape index (κ3) is 6.19. The molecule has 1 saturated heterocycles. The van der Waals surface area contributed by atoms with Gasteiger partial charge in [0, 0.05) is 28.5 Å². The van der Waals surface area contributed by atoms with Crippen LogP contribution in [0.4, 0.5) is 0 Å². The molecule has 1 amide bonds. The second kappa shape index (κ2) is 11.5. The molecule has 0 radical (unpaired) electrons. The molecule has 2 aliphatic rings. The number of carbonyl (C=O) groups is 2. The minimum atomic E-state index is -3.51. The minimum absolute atomic E-state index is 0.0675. The van der Waals surface area contributed by atoms with E-state index in [0.29, 0.717) is 22.9 Å². The Morgan fingerprint density at radius 1 is 1.11 bits per heavy atom. The molecule has 206 valence electrons. The smallest absolute Gasteiger partial charge is 0.304 e. The molecule has 4 atom stereocenters. The van der Waals surface area contributed by atoms with Crippen LogP contribution in [0.2, 0.25) is 10.0 Å². The average Bonchev–Trinajstić information content (AvgIpc) is 3.72. The fourth-order valence-electron chi connectivity index (χ4n) is 5.81. The number of hydrogen-bond donors (Lipinski definition) is 2. The molecule has 2 unspecified atom stereocenters. The number of benzene rings is 2. The number of sulfonamides is 1. The Labute approximate surface area is 234 Å². The number of likely N-dealkylation sites (tertiary alicyclic amines) is 1. The van der Waals surface area contributed by atoms with Crippen molar-refractivity contribution in [2.45, 2.75) is 64.0 Å². The van der Waals surface area contributed by atoms with Gasteiger partial charge in [0.05, 0.1) is 23.6 Å². The van der Waals surface area contributed by atoms with Crippen molar-refractivity contribution < 1.29 is 23.1 Å². The highest BCUT2D eigenvalue weighted by molar-refractivity contribution is 7.89. The molecule has 2 aromatic rings. The van der Waals surface area contributed by atoms with Crippen molar-refractivity contribution in [2.24, 2.45) is 11.3 Å². The standard InChI is InChI=1S/C28H34Cl2N2O5S/c1-3-28(16-25(33)34)15-23(20-6-5-7-22(30)14-20)26(19-10-12-21(29)13-11-19)32(27(28)35)24(18-8-9-18)17-31-38(36,37)4-2/h5-7,10-14,18,23-24,26,31H,3-4,8-9,15-17H2,1-2H3,(H,33,34)/t23-,24?,26?,28-/m1/s1. The molecule has 2 N–H and O–H groups in total. The first-order valence-electron chi connectivity index (χ1n) is 13.0. The summed E-state index contributed by atoms with van der Waals surface area (Å²) in [5.74, 6) is -1.50. The summed E-state index contributed by atoms with van der Waals surface area (Å²) in [6, 6.07) is 13.9. The van der Waals surface area contributed by atoms with E-state index in [2.05, 4.69) is 4.72 Å². The van der Waals surface area contributed by atoms with E-state index in [1.807, 2.05) is 37.3 Å². The van der Waals surface area contributed by atoms with E-state index in [0.717, 1.165) is 24.0 Å². The number of carboxylic acids is 1. The van der Waals surface area contributed by atoms with Crippen molar-refractivity contribution in [3.05, 3.63) is 69.7 Å². The molecule has 0 bridgehead atoms. The van der Waals surface area contributed by atoms with Crippen LogP contribution in [0.1, 0.15) is 69.0 Å². The highest BCUT2D eigenvalue weighted by atomic mass is 35.5. The normalized spacial score (nSPS) is 24.8. The Morgan fingerprint density at radius 2 is 1.79 bits per heavy atom. The maximum Gasteiger partial charge on any atom is 0.304 e. The number of nitrogens with zero attached hydrogens (tertiary/aromatic N) is 1. The topological polar surface area (TPSA) is 104 Å². The fraction of sp³-hybridized carbons (Fsp3) is 0.500. The molecule has 2 fully saturated rings. The van der Waals surface area contributed by atoms with Gasteiger partial charge < -0.3 is 10.0 Å². The molecule has 0 aromatic heterocycles. The Balaban J connectivity index is 1.91. The fourth-order valence-corrected chi connectivity index (χ4v) is 6.76. The summed E-state index contributed by atoms with van der Waals surface area (Å²) in [7, 11) is -3.51. The summed E-state index contributed by atoms with van der Waals surface area (Å²) in [6.45, 7) is 3.50. The van der Waals surface area contributed by atoms with Gasteiger partial charge in [-0.2, -0.15) is 0 Å². The maximum atomic E-state index is 14.5. The van der Waals surface area contributed by atoms with E-state index >= 15 is 0 Å². The summed E-state index contributed by atoms with van der Waals surface area (Å²) in [4.78, 5) is 28.4. The summed E-state index contributed by atoms with van der Waals surface area (Å²) < 4.78 is 27.6. The average molecular weight is 582 g/mol. The third-order valence-electron chi connectivity index (χ3n) is 8.05. The van der Waals surface area contributed by atoms with Crippen LogP contribution in [0, 0.1) is 11.3 Å². The number of aliphatic carboxylic acids is 1. The van der Waals surface area contributed by atoms with Crippen LogP contribution >= 0.6 is 23.2 Å². The Kier molecular flexibility index (Phi) is 8.77. The van der Waals surface area contributed by atoms with Crippen LogP contribution in [0.5, 0.6) is 0 Å². The number of piperidine rings is 1. The number of rotatable bonds is 11. The molecule has 0 spiro atoms. The number of carboxylic acid groups (broad SMARTS) is 1. The largest absolute Gasteiger partial charge is 0.481 e. The van der Waals surface area contributed by atoms with Crippen LogP contribution in [-0.2, 0) is 19.6 Å². The molecule has 2 aromatic carbocycles. The van der Waals surface area contributed by atoms with Crippen LogP contribution in [-0.4, -0.2) is 48.6 Å². The highest BCUT2D eigenvalue weighted by Gasteiger charge is 2.55. The Bertz CT molecular complexity index is 1280. The van der Waals surface area contributed by atoms with Crippen molar-refractivity contribution in [2.75, 3.05) is 12.3 Å². The van der Waals surface area contributed by atoms with Gasteiger partial charge in [-0.1, -0.05) is 54.4 Å². The number of amides is 1. The van der Waals surface area contributed by atoms with Crippen molar-refractivity contribution in [1.82, 2.24) is 9.62 Å². The highest BCUT2D eigenvalue weighted by Crippen LogP contribution is 2.55. The van der Waals surface area contributed by atoms with E-state index in [-0.39, 0.29) is 36.5 Å². The molecule has 4 rings (SSSR count). The molecule has 38 heavy (non-hydrogen) atoms. The summed E-state index contributed by atoms with van der Waals surface area (Å²) in [5, 5.41) is 11.0. The van der Waals surface area contributed by atoms with Gasteiger partial charge in [-0.05, 0) is 73.9 Å². The van der Waals surface area contributed by atoms with Gasteiger partial charge in [0.25, 0.3) is 0 Å². The van der Waals surface area contributed by atoms with Crippen LogP contribution in [0.15, 0.2) is 48.5 Å². The number of carbonyl (C=O) groups excluding carboxylic acids is 1. The van der Waals surface area contributed by atoms with Crippen molar-refractivity contribution in [3.63, 3.8) is 0 Å². The summed E-state index contributed by atoms with van der Waals surface area (Å²) in [6.07, 6.45) is 2.11. The first kappa shape index (κ1) is 28.9. The lowest BCUT2D eigenvalue weighted by Gasteiger charge is -2.53. The van der Waals surface area contributed by atoms with Gasteiger partial charge in [-0.25, -0.2) is 13.1 Å². The van der Waals surface area contributed by atoms with Gasteiger partial charge in [0.1, 0.15) is 0 Å². The molecule has 10 heteroatoms.